The summed E-state index contributed by atoms with van der Waals surface area (Å²) in [6, 6.07) is 8.21. The lowest BCUT2D eigenvalue weighted by atomic mass is 10.1. The molecule has 4 rings (SSSR count). The van der Waals surface area contributed by atoms with Gasteiger partial charge in [0.15, 0.2) is 0 Å². The van der Waals surface area contributed by atoms with E-state index in [1.54, 1.807) is 12.1 Å². The minimum atomic E-state index is -4.55. The first kappa shape index (κ1) is 21.4. The number of aromatic nitrogens is 4. The van der Waals surface area contributed by atoms with E-state index in [9.17, 15) is 18.4 Å². The summed E-state index contributed by atoms with van der Waals surface area (Å²) in [5.41, 5.74) is 0.794. The van der Waals surface area contributed by atoms with Crippen LogP contribution in [-0.2, 0) is 12.7 Å². The minimum absolute atomic E-state index is 0.112. The first-order valence-electron chi connectivity index (χ1n) is 9.18. The smallest absolute Gasteiger partial charge is 0.417 e. The standard InChI is InChI=1S/C21H14ClF3N6O/c1-32-17-3-2-11(4-16(17)22)7-29-20-30-8-12(6-26)18(31-20)15-10-28-19-14(15)5-13(9-27-19)21(23,24)25/h2-5,8-10H,7H2,1H3,(H,27,28)(H,29,30,31). The van der Waals surface area contributed by atoms with Gasteiger partial charge in [-0.3, -0.25) is 0 Å². The third-order valence-corrected chi connectivity index (χ3v) is 4.98. The fraction of sp³-hybridized carbons (Fsp3) is 0.143. The predicted octanol–water partition coefficient (Wildman–Crippen LogP) is 5.18. The van der Waals surface area contributed by atoms with Crippen LogP contribution in [0.15, 0.2) is 42.9 Å². The molecular formula is C21H14ClF3N6O. The number of pyridine rings is 1. The van der Waals surface area contributed by atoms with Gasteiger partial charge in [-0.1, -0.05) is 17.7 Å². The van der Waals surface area contributed by atoms with Crippen molar-refractivity contribution < 1.29 is 17.9 Å². The van der Waals surface area contributed by atoms with E-state index < -0.39 is 11.7 Å². The molecule has 0 saturated heterocycles. The number of halogens is 4. The summed E-state index contributed by atoms with van der Waals surface area (Å²) in [5, 5.41) is 13.1. The van der Waals surface area contributed by atoms with Gasteiger partial charge in [0.25, 0.3) is 0 Å². The number of nitrogens with zero attached hydrogens (tertiary/aromatic N) is 4. The van der Waals surface area contributed by atoms with Gasteiger partial charge in [-0.25, -0.2) is 15.0 Å². The SMILES string of the molecule is COc1ccc(CNc2ncc(C#N)c(-c3c[nH]c4ncc(C(F)(F)F)cc34)n2)cc1Cl. The third kappa shape index (κ3) is 4.15. The maximum absolute atomic E-state index is 13.1. The van der Waals surface area contributed by atoms with Crippen molar-refractivity contribution in [2.24, 2.45) is 0 Å². The molecule has 11 heteroatoms. The molecule has 0 fully saturated rings. The Bertz CT molecular complexity index is 1350. The molecule has 3 aromatic heterocycles. The van der Waals surface area contributed by atoms with Gasteiger partial charge in [0.2, 0.25) is 5.95 Å². The van der Waals surface area contributed by atoms with Crippen LogP contribution in [0.25, 0.3) is 22.3 Å². The van der Waals surface area contributed by atoms with E-state index in [-0.39, 0.29) is 28.2 Å². The topological polar surface area (TPSA) is 99.5 Å². The van der Waals surface area contributed by atoms with Crippen molar-refractivity contribution in [3.8, 4) is 23.1 Å². The first-order valence-corrected chi connectivity index (χ1v) is 9.56. The number of nitrogens with one attached hydrogen (secondary N) is 2. The third-order valence-electron chi connectivity index (χ3n) is 4.69. The van der Waals surface area contributed by atoms with Crippen LogP contribution in [0.4, 0.5) is 19.1 Å². The summed E-state index contributed by atoms with van der Waals surface area (Å²) in [6.45, 7) is 0.322. The zero-order valence-electron chi connectivity index (χ0n) is 16.5. The Labute approximate surface area is 184 Å². The maximum atomic E-state index is 13.1. The highest BCUT2D eigenvalue weighted by Crippen LogP contribution is 2.34. The number of fused-ring (bicyclic) bond motifs is 1. The van der Waals surface area contributed by atoms with Gasteiger partial charge in [0, 0.05) is 29.9 Å². The Morgan fingerprint density at radius 1 is 1.22 bits per heavy atom. The van der Waals surface area contributed by atoms with Crippen molar-refractivity contribution in [3.63, 3.8) is 0 Å². The molecule has 3 heterocycles. The van der Waals surface area contributed by atoms with Gasteiger partial charge < -0.3 is 15.0 Å². The number of hydrogen-bond acceptors (Lipinski definition) is 6. The van der Waals surface area contributed by atoms with Crippen LogP contribution < -0.4 is 10.1 Å². The van der Waals surface area contributed by atoms with E-state index in [1.165, 1.54) is 19.5 Å². The molecule has 0 radical (unpaired) electrons. The van der Waals surface area contributed by atoms with E-state index in [4.69, 9.17) is 16.3 Å². The Hall–Kier alpha value is -3.84. The normalized spacial score (nSPS) is 11.4. The van der Waals surface area contributed by atoms with Crippen LogP contribution in [0, 0.1) is 11.3 Å². The zero-order valence-corrected chi connectivity index (χ0v) is 17.2. The van der Waals surface area contributed by atoms with Gasteiger partial charge in [0.1, 0.15) is 17.5 Å². The van der Waals surface area contributed by atoms with Crippen LogP contribution in [0.1, 0.15) is 16.7 Å². The van der Waals surface area contributed by atoms with Gasteiger partial charge >= 0.3 is 6.18 Å². The molecule has 0 saturated carbocycles. The summed E-state index contributed by atoms with van der Waals surface area (Å²) in [5.74, 6) is 0.735. The lowest BCUT2D eigenvalue weighted by molar-refractivity contribution is -0.137. The monoisotopic (exact) mass is 458 g/mol. The van der Waals surface area contributed by atoms with Gasteiger partial charge in [-0.2, -0.15) is 18.4 Å². The minimum Gasteiger partial charge on any atom is -0.495 e. The van der Waals surface area contributed by atoms with E-state index in [0.29, 0.717) is 22.9 Å². The molecule has 0 atom stereocenters. The summed E-state index contributed by atoms with van der Waals surface area (Å²) in [6.07, 6.45) is -1.02. The van der Waals surface area contributed by atoms with Crippen LogP contribution in [0.3, 0.4) is 0 Å². The highest BCUT2D eigenvalue weighted by Gasteiger charge is 2.31. The molecule has 7 nitrogen and oxygen atoms in total. The van der Waals surface area contributed by atoms with Crippen LogP contribution in [0.5, 0.6) is 5.75 Å². The largest absolute Gasteiger partial charge is 0.495 e. The van der Waals surface area contributed by atoms with E-state index >= 15 is 0 Å². The molecule has 0 aliphatic rings. The van der Waals surface area contributed by atoms with Gasteiger partial charge in [-0.15, -0.1) is 0 Å². The molecule has 32 heavy (non-hydrogen) atoms. The highest BCUT2D eigenvalue weighted by atomic mass is 35.5. The van der Waals surface area contributed by atoms with Crippen molar-refractivity contribution >= 4 is 28.6 Å². The van der Waals surface area contributed by atoms with E-state index in [2.05, 4.69) is 25.3 Å². The molecule has 0 aliphatic carbocycles. The Morgan fingerprint density at radius 2 is 2.03 bits per heavy atom. The first-order chi connectivity index (χ1) is 15.3. The van der Waals surface area contributed by atoms with E-state index in [1.807, 2.05) is 12.1 Å². The molecule has 0 aliphatic heterocycles. The molecule has 162 valence electrons. The molecule has 4 aromatic rings. The molecule has 0 bridgehead atoms. The van der Waals surface area contributed by atoms with Crippen molar-refractivity contribution in [1.29, 1.82) is 5.26 Å². The van der Waals surface area contributed by atoms with Crippen molar-refractivity contribution in [2.75, 3.05) is 12.4 Å². The van der Waals surface area contributed by atoms with Crippen molar-refractivity contribution in [1.82, 2.24) is 19.9 Å². The van der Waals surface area contributed by atoms with Crippen molar-refractivity contribution in [2.45, 2.75) is 12.7 Å². The summed E-state index contributed by atoms with van der Waals surface area (Å²) >= 11 is 6.13. The zero-order chi connectivity index (χ0) is 22.9. The number of anilines is 1. The van der Waals surface area contributed by atoms with Crippen LogP contribution in [0.2, 0.25) is 5.02 Å². The average Bonchev–Trinajstić information content (AvgIpc) is 3.20. The Balaban J connectivity index is 1.69. The number of aromatic amines is 1. The van der Waals surface area contributed by atoms with Gasteiger partial charge in [0.05, 0.1) is 35.2 Å². The van der Waals surface area contributed by atoms with Crippen LogP contribution >= 0.6 is 11.6 Å². The molecule has 0 amide bonds. The number of rotatable bonds is 5. The number of benzene rings is 1. The Kier molecular flexibility index (Phi) is 5.59. The number of hydrogen-bond donors (Lipinski definition) is 2. The number of alkyl halides is 3. The number of ether oxygens (including phenoxy) is 1. The summed E-state index contributed by atoms with van der Waals surface area (Å²) in [4.78, 5) is 15.1. The summed E-state index contributed by atoms with van der Waals surface area (Å²) in [7, 11) is 1.52. The number of H-pyrrole nitrogens is 1. The lowest BCUT2D eigenvalue weighted by Gasteiger charge is -2.10. The van der Waals surface area contributed by atoms with Gasteiger partial charge in [-0.05, 0) is 23.8 Å². The molecule has 0 unspecified atom stereocenters. The highest BCUT2D eigenvalue weighted by molar-refractivity contribution is 6.32. The predicted molar refractivity (Wildman–Crippen MR) is 112 cm³/mol. The second kappa shape index (κ2) is 8.36. The van der Waals surface area contributed by atoms with Crippen molar-refractivity contribution in [3.05, 3.63) is 64.6 Å². The second-order valence-corrected chi connectivity index (χ2v) is 7.12. The lowest BCUT2D eigenvalue weighted by Crippen LogP contribution is -2.06. The molecular weight excluding hydrogens is 445 g/mol. The maximum Gasteiger partial charge on any atom is 0.417 e. The average molecular weight is 459 g/mol. The number of nitriles is 1. The second-order valence-electron chi connectivity index (χ2n) is 6.71. The molecule has 1 aromatic carbocycles. The fourth-order valence-corrected chi connectivity index (χ4v) is 3.39. The quantitative estimate of drug-likeness (QED) is 0.427. The van der Waals surface area contributed by atoms with E-state index in [0.717, 1.165) is 17.8 Å². The fourth-order valence-electron chi connectivity index (χ4n) is 3.11. The molecule has 0 spiro atoms. The molecule has 2 N–H and O–H groups in total. The van der Waals surface area contributed by atoms with Crippen LogP contribution in [-0.4, -0.2) is 27.0 Å². The Morgan fingerprint density at radius 3 is 2.72 bits per heavy atom. The number of methoxy groups -OCH3 is 1. The summed E-state index contributed by atoms with van der Waals surface area (Å²) < 4.78 is 44.6.